The molecule has 114 valence electrons. The summed E-state index contributed by atoms with van der Waals surface area (Å²) in [5, 5.41) is 3.27. The Morgan fingerprint density at radius 2 is 2.00 bits per heavy atom. The van der Waals surface area contributed by atoms with Gasteiger partial charge in [-0.2, -0.15) is 0 Å². The molecule has 0 atom stereocenters. The van der Waals surface area contributed by atoms with Gasteiger partial charge in [-0.1, -0.05) is 6.92 Å². The molecule has 0 spiro atoms. The van der Waals surface area contributed by atoms with E-state index in [1.807, 2.05) is 19.1 Å². The Hall–Kier alpha value is -1.17. The van der Waals surface area contributed by atoms with Crippen LogP contribution in [0.3, 0.4) is 0 Å². The molecule has 0 saturated carbocycles. The minimum Gasteiger partial charge on any atom is -0.489 e. The molecule has 0 saturated heterocycles. The Labute approximate surface area is 121 Å². The number of aromatic nitrogens is 1. The molecule has 0 radical (unpaired) electrons. The summed E-state index contributed by atoms with van der Waals surface area (Å²) in [6.45, 7) is 8.25. The van der Waals surface area contributed by atoms with Crippen molar-refractivity contribution in [2.24, 2.45) is 0 Å². The summed E-state index contributed by atoms with van der Waals surface area (Å²) in [5.74, 6) is 0.831. The first-order chi connectivity index (χ1) is 9.77. The first kappa shape index (κ1) is 16.9. The zero-order valence-electron chi connectivity index (χ0n) is 12.8. The summed E-state index contributed by atoms with van der Waals surface area (Å²) in [6.07, 6.45) is 0.911. The van der Waals surface area contributed by atoms with Crippen LogP contribution in [0.25, 0.3) is 0 Å². The van der Waals surface area contributed by atoms with Crippen molar-refractivity contribution < 1.29 is 14.2 Å². The molecule has 0 aliphatic rings. The number of nitrogens with one attached hydrogen (secondary N) is 1. The van der Waals surface area contributed by atoms with Gasteiger partial charge in [0.15, 0.2) is 0 Å². The van der Waals surface area contributed by atoms with Crippen LogP contribution in [0.1, 0.15) is 24.7 Å². The zero-order chi connectivity index (χ0) is 14.6. The summed E-state index contributed by atoms with van der Waals surface area (Å²) < 4.78 is 16.2. The second-order valence-electron chi connectivity index (χ2n) is 4.48. The van der Waals surface area contributed by atoms with Gasteiger partial charge < -0.3 is 19.5 Å². The highest BCUT2D eigenvalue weighted by atomic mass is 16.5. The summed E-state index contributed by atoms with van der Waals surface area (Å²) in [5.41, 5.74) is 1.95. The van der Waals surface area contributed by atoms with Crippen LogP contribution in [0.2, 0.25) is 0 Å². The first-order valence-corrected chi connectivity index (χ1v) is 7.14. The summed E-state index contributed by atoms with van der Waals surface area (Å²) in [6, 6.07) is 3.93. The molecular formula is C15H26N2O3. The van der Waals surface area contributed by atoms with Crippen LogP contribution in [0.15, 0.2) is 12.1 Å². The maximum absolute atomic E-state index is 5.74. The molecule has 0 aromatic carbocycles. The van der Waals surface area contributed by atoms with Gasteiger partial charge in [0.25, 0.3) is 0 Å². The molecule has 1 N–H and O–H groups in total. The van der Waals surface area contributed by atoms with Gasteiger partial charge in [0.05, 0.1) is 12.3 Å². The van der Waals surface area contributed by atoms with E-state index in [9.17, 15) is 0 Å². The Morgan fingerprint density at radius 1 is 1.15 bits per heavy atom. The normalized spacial score (nSPS) is 10.8. The van der Waals surface area contributed by atoms with Gasteiger partial charge in [-0.25, -0.2) is 0 Å². The highest BCUT2D eigenvalue weighted by Gasteiger charge is 2.05. The van der Waals surface area contributed by atoms with Gasteiger partial charge in [-0.3, -0.25) is 4.98 Å². The molecule has 0 amide bonds. The van der Waals surface area contributed by atoms with Crippen LogP contribution < -0.4 is 10.1 Å². The molecule has 0 unspecified atom stereocenters. The van der Waals surface area contributed by atoms with Crippen molar-refractivity contribution in [2.45, 2.75) is 26.8 Å². The van der Waals surface area contributed by atoms with Crippen LogP contribution >= 0.6 is 0 Å². The van der Waals surface area contributed by atoms with E-state index in [0.29, 0.717) is 19.8 Å². The number of pyridine rings is 1. The van der Waals surface area contributed by atoms with Crippen LogP contribution in [0.4, 0.5) is 0 Å². The predicted octanol–water partition coefficient (Wildman–Crippen LogP) is 1.93. The molecule has 0 aliphatic carbocycles. The highest BCUT2D eigenvalue weighted by Crippen LogP contribution is 2.16. The maximum Gasteiger partial charge on any atom is 0.142 e. The Kier molecular flexibility index (Phi) is 8.95. The molecule has 1 rings (SSSR count). The SMILES string of the molecule is CCNCc1nc(C)ccc1OCCOCCCOC. The molecule has 1 heterocycles. The lowest BCUT2D eigenvalue weighted by atomic mass is 10.3. The van der Waals surface area contributed by atoms with Crippen LogP contribution in [0.5, 0.6) is 5.75 Å². The van der Waals surface area contributed by atoms with Crippen molar-refractivity contribution >= 4 is 0 Å². The molecule has 0 aliphatic heterocycles. The molecule has 0 bridgehead atoms. The Morgan fingerprint density at radius 3 is 2.75 bits per heavy atom. The lowest BCUT2D eigenvalue weighted by molar-refractivity contribution is 0.0803. The van der Waals surface area contributed by atoms with Gasteiger partial charge >= 0.3 is 0 Å². The third kappa shape index (κ3) is 6.84. The number of aryl methyl sites for hydroxylation is 1. The number of hydrogen-bond donors (Lipinski definition) is 1. The van der Waals surface area contributed by atoms with E-state index in [2.05, 4.69) is 17.2 Å². The topological polar surface area (TPSA) is 52.6 Å². The van der Waals surface area contributed by atoms with Crippen molar-refractivity contribution in [1.82, 2.24) is 10.3 Å². The second kappa shape index (κ2) is 10.6. The molecule has 0 fully saturated rings. The lowest BCUT2D eigenvalue weighted by Gasteiger charge is -2.12. The first-order valence-electron chi connectivity index (χ1n) is 7.14. The van der Waals surface area contributed by atoms with E-state index in [1.54, 1.807) is 7.11 Å². The smallest absolute Gasteiger partial charge is 0.142 e. The molecule has 20 heavy (non-hydrogen) atoms. The minimum absolute atomic E-state index is 0.539. The van der Waals surface area contributed by atoms with Gasteiger partial charge in [0.2, 0.25) is 0 Å². The quantitative estimate of drug-likeness (QED) is 0.629. The highest BCUT2D eigenvalue weighted by molar-refractivity contribution is 5.29. The third-order valence-corrected chi connectivity index (χ3v) is 2.74. The molecule has 5 nitrogen and oxygen atoms in total. The monoisotopic (exact) mass is 282 g/mol. The Bertz CT molecular complexity index is 372. The largest absolute Gasteiger partial charge is 0.489 e. The van der Waals surface area contributed by atoms with Gasteiger partial charge in [-0.05, 0) is 32.0 Å². The molecule has 5 heteroatoms. The van der Waals surface area contributed by atoms with E-state index in [1.165, 1.54) is 0 Å². The average molecular weight is 282 g/mol. The summed E-state index contributed by atoms with van der Waals surface area (Å²) in [7, 11) is 1.69. The number of hydrogen-bond acceptors (Lipinski definition) is 5. The average Bonchev–Trinajstić information content (AvgIpc) is 2.45. The number of methoxy groups -OCH3 is 1. The summed E-state index contributed by atoms with van der Waals surface area (Å²) >= 11 is 0. The van der Waals surface area contributed by atoms with Crippen LogP contribution in [-0.4, -0.2) is 45.1 Å². The standard InChI is InChI=1S/C15H26N2O3/c1-4-16-12-14-15(7-6-13(2)17-14)20-11-10-19-9-5-8-18-3/h6-7,16H,4-5,8-12H2,1-3H3. The van der Waals surface area contributed by atoms with E-state index >= 15 is 0 Å². The molecule has 1 aromatic rings. The fraction of sp³-hybridized carbons (Fsp3) is 0.667. The van der Waals surface area contributed by atoms with Crippen LogP contribution in [0, 0.1) is 6.92 Å². The number of rotatable bonds is 11. The van der Waals surface area contributed by atoms with E-state index in [4.69, 9.17) is 14.2 Å². The van der Waals surface area contributed by atoms with Crippen LogP contribution in [-0.2, 0) is 16.0 Å². The fourth-order valence-electron chi connectivity index (χ4n) is 1.72. The van der Waals surface area contributed by atoms with Crippen molar-refractivity contribution in [1.29, 1.82) is 0 Å². The van der Waals surface area contributed by atoms with Crippen molar-refractivity contribution in [3.63, 3.8) is 0 Å². The van der Waals surface area contributed by atoms with E-state index in [-0.39, 0.29) is 0 Å². The van der Waals surface area contributed by atoms with Gasteiger partial charge in [0.1, 0.15) is 12.4 Å². The van der Waals surface area contributed by atoms with Crippen molar-refractivity contribution in [2.75, 3.05) is 40.1 Å². The molecular weight excluding hydrogens is 256 g/mol. The van der Waals surface area contributed by atoms with Crippen molar-refractivity contribution in [3.05, 3.63) is 23.5 Å². The second-order valence-corrected chi connectivity index (χ2v) is 4.48. The van der Waals surface area contributed by atoms with Gasteiger partial charge in [-0.15, -0.1) is 0 Å². The van der Waals surface area contributed by atoms with E-state index in [0.717, 1.165) is 43.3 Å². The zero-order valence-corrected chi connectivity index (χ0v) is 12.8. The lowest BCUT2D eigenvalue weighted by Crippen LogP contribution is -2.16. The number of nitrogens with zero attached hydrogens (tertiary/aromatic N) is 1. The number of ether oxygens (including phenoxy) is 3. The predicted molar refractivity (Wildman–Crippen MR) is 79.2 cm³/mol. The van der Waals surface area contributed by atoms with Gasteiger partial charge in [0, 0.05) is 32.6 Å². The summed E-state index contributed by atoms with van der Waals surface area (Å²) in [4.78, 5) is 4.51. The maximum atomic E-state index is 5.74. The fourth-order valence-corrected chi connectivity index (χ4v) is 1.72. The molecule has 1 aromatic heterocycles. The minimum atomic E-state index is 0.539. The Balaban J connectivity index is 2.31. The van der Waals surface area contributed by atoms with Crippen molar-refractivity contribution in [3.8, 4) is 5.75 Å². The van der Waals surface area contributed by atoms with E-state index < -0.39 is 0 Å². The third-order valence-electron chi connectivity index (χ3n) is 2.74.